The third-order valence-electron chi connectivity index (χ3n) is 4.41. The van der Waals surface area contributed by atoms with Crippen LogP contribution in [0.3, 0.4) is 0 Å². The Hall–Kier alpha value is -3.19. The number of benzene rings is 1. The lowest BCUT2D eigenvalue weighted by molar-refractivity contribution is -0.137. The first-order chi connectivity index (χ1) is 13.0. The van der Waals surface area contributed by atoms with Gasteiger partial charge in [-0.05, 0) is 30.2 Å². The standard InChI is InChI=1S/C19H15ClN4O3/c20-13-5-3-12(4-6-13)14-11-22-24-16-7-9-23(8-1-2-17(25)26)19(27)15(16)10-21-18(14)24/h3-7,9-11H,1-2,8H2,(H,25,26). The molecule has 8 heteroatoms. The Kier molecular flexibility index (Phi) is 4.37. The molecule has 0 amide bonds. The van der Waals surface area contributed by atoms with Crippen LogP contribution in [-0.2, 0) is 11.3 Å². The molecule has 3 aromatic heterocycles. The summed E-state index contributed by atoms with van der Waals surface area (Å²) in [6.07, 6.45) is 5.32. The monoisotopic (exact) mass is 382 g/mol. The van der Waals surface area contributed by atoms with E-state index in [9.17, 15) is 9.59 Å². The molecule has 1 aromatic carbocycles. The Morgan fingerprint density at radius 1 is 1.15 bits per heavy atom. The van der Waals surface area contributed by atoms with E-state index in [0.29, 0.717) is 34.5 Å². The van der Waals surface area contributed by atoms with E-state index in [1.807, 2.05) is 12.1 Å². The van der Waals surface area contributed by atoms with Crippen molar-refractivity contribution in [3.63, 3.8) is 0 Å². The van der Waals surface area contributed by atoms with E-state index in [2.05, 4.69) is 10.1 Å². The third kappa shape index (κ3) is 3.17. The molecule has 0 aliphatic carbocycles. The molecule has 0 radical (unpaired) electrons. The van der Waals surface area contributed by atoms with Crippen LogP contribution in [0.4, 0.5) is 0 Å². The van der Waals surface area contributed by atoms with Crippen molar-refractivity contribution in [3.05, 3.63) is 64.3 Å². The predicted molar refractivity (Wildman–Crippen MR) is 102 cm³/mol. The number of fused-ring (bicyclic) bond motifs is 3. The summed E-state index contributed by atoms with van der Waals surface area (Å²) in [4.78, 5) is 27.8. The van der Waals surface area contributed by atoms with E-state index < -0.39 is 5.97 Å². The number of hydrogen-bond donors (Lipinski definition) is 1. The molecule has 0 bridgehead atoms. The van der Waals surface area contributed by atoms with Gasteiger partial charge in [-0.25, -0.2) is 9.50 Å². The van der Waals surface area contributed by atoms with Gasteiger partial charge in [0.25, 0.3) is 5.56 Å². The lowest BCUT2D eigenvalue weighted by Gasteiger charge is -2.07. The summed E-state index contributed by atoms with van der Waals surface area (Å²) in [5.41, 5.74) is 2.87. The van der Waals surface area contributed by atoms with Gasteiger partial charge in [0, 0.05) is 35.9 Å². The largest absolute Gasteiger partial charge is 0.481 e. The summed E-state index contributed by atoms with van der Waals surface area (Å²) < 4.78 is 3.14. The molecule has 1 N–H and O–H groups in total. The second-order valence-electron chi connectivity index (χ2n) is 6.17. The predicted octanol–water partition coefficient (Wildman–Crippen LogP) is 3.23. The molecule has 0 saturated carbocycles. The summed E-state index contributed by atoms with van der Waals surface area (Å²) in [6, 6.07) is 9.19. The zero-order chi connectivity index (χ0) is 19.0. The molecular weight excluding hydrogens is 368 g/mol. The fraction of sp³-hybridized carbons (Fsp3) is 0.158. The zero-order valence-electron chi connectivity index (χ0n) is 14.2. The number of aliphatic carboxylic acids is 1. The molecule has 0 unspecified atom stereocenters. The van der Waals surface area contributed by atoms with Crippen LogP contribution in [0.25, 0.3) is 27.7 Å². The highest BCUT2D eigenvalue weighted by molar-refractivity contribution is 6.30. The molecule has 27 heavy (non-hydrogen) atoms. The lowest BCUT2D eigenvalue weighted by atomic mass is 10.1. The number of aryl methyl sites for hydroxylation is 1. The number of rotatable bonds is 5. The lowest BCUT2D eigenvalue weighted by Crippen LogP contribution is -2.21. The summed E-state index contributed by atoms with van der Waals surface area (Å²) in [6.45, 7) is 0.342. The van der Waals surface area contributed by atoms with Gasteiger partial charge in [-0.3, -0.25) is 9.59 Å². The first-order valence-electron chi connectivity index (χ1n) is 8.38. The van der Waals surface area contributed by atoms with Crippen molar-refractivity contribution in [3.8, 4) is 11.1 Å². The van der Waals surface area contributed by atoms with E-state index in [0.717, 1.165) is 11.1 Å². The van der Waals surface area contributed by atoms with Crippen molar-refractivity contribution < 1.29 is 9.90 Å². The minimum absolute atomic E-state index is 0.0192. The smallest absolute Gasteiger partial charge is 0.303 e. The molecule has 0 aliphatic heterocycles. The van der Waals surface area contributed by atoms with Crippen molar-refractivity contribution in [1.29, 1.82) is 0 Å². The van der Waals surface area contributed by atoms with E-state index in [1.165, 1.54) is 4.57 Å². The summed E-state index contributed by atoms with van der Waals surface area (Å²) in [5.74, 6) is -0.876. The van der Waals surface area contributed by atoms with Crippen LogP contribution in [0.2, 0.25) is 5.02 Å². The van der Waals surface area contributed by atoms with Gasteiger partial charge < -0.3 is 9.67 Å². The average molecular weight is 383 g/mol. The summed E-state index contributed by atoms with van der Waals surface area (Å²) in [5, 5.41) is 14.2. The van der Waals surface area contributed by atoms with Crippen LogP contribution in [0.5, 0.6) is 0 Å². The van der Waals surface area contributed by atoms with Crippen LogP contribution >= 0.6 is 11.6 Å². The maximum Gasteiger partial charge on any atom is 0.303 e. The molecule has 7 nitrogen and oxygen atoms in total. The Labute approximate surface area is 158 Å². The third-order valence-corrected chi connectivity index (χ3v) is 4.66. The van der Waals surface area contributed by atoms with Crippen molar-refractivity contribution in [2.45, 2.75) is 19.4 Å². The second-order valence-corrected chi connectivity index (χ2v) is 6.61. The minimum atomic E-state index is -0.876. The Morgan fingerprint density at radius 3 is 2.67 bits per heavy atom. The Balaban J connectivity index is 1.78. The van der Waals surface area contributed by atoms with Gasteiger partial charge in [0.2, 0.25) is 0 Å². The first kappa shape index (κ1) is 17.2. The van der Waals surface area contributed by atoms with E-state index in [-0.39, 0.29) is 12.0 Å². The SMILES string of the molecule is O=C(O)CCCn1ccc2c(cnc3c(-c4ccc(Cl)cc4)cnn32)c1=O. The summed E-state index contributed by atoms with van der Waals surface area (Å²) in [7, 11) is 0. The molecule has 0 spiro atoms. The molecule has 4 aromatic rings. The molecule has 136 valence electrons. The number of hydrogen-bond acceptors (Lipinski definition) is 4. The van der Waals surface area contributed by atoms with Crippen LogP contribution in [0.15, 0.2) is 53.7 Å². The van der Waals surface area contributed by atoms with E-state index >= 15 is 0 Å². The van der Waals surface area contributed by atoms with Crippen LogP contribution in [0, 0.1) is 0 Å². The van der Waals surface area contributed by atoms with Crippen molar-refractivity contribution in [2.24, 2.45) is 0 Å². The molecule has 0 saturated heterocycles. The zero-order valence-corrected chi connectivity index (χ0v) is 14.9. The molecule has 4 rings (SSSR count). The Morgan fingerprint density at radius 2 is 1.93 bits per heavy atom. The van der Waals surface area contributed by atoms with E-state index in [4.69, 9.17) is 16.7 Å². The van der Waals surface area contributed by atoms with Crippen molar-refractivity contribution >= 4 is 34.1 Å². The second kappa shape index (κ2) is 6.85. The quantitative estimate of drug-likeness (QED) is 0.572. The van der Waals surface area contributed by atoms with Crippen LogP contribution < -0.4 is 5.56 Å². The van der Waals surface area contributed by atoms with Gasteiger partial charge in [-0.2, -0.15) is 5.10 Å². The van der Waals surface area contributed by atoms with Gasteiger partial charge in [0.05, 0.1) is 17.1 Å². The normalized spacial score (nSPS) is 11.3. The fourth-order valence-corrected chi connectivity index (χ4v) is 3.19. The number of carbonyl (C=O) groups is 1. The van der Waals surface area contributed by atoms with Crippen molar-refractivity contribution in [2.75, 3.05) is 0 Å². The molecular formula is C19H15ClN4O3. The number of carboxylic acid groups (broad SMARTS) is 1. The highest BCUT2D eigenvalue weighted by Crippen LogP contribution is 2.26. The highest BCUT2D eigenvalue weighted by atomic mass is 35.5. The Bertz CT molecular complexity index is 1210. The van der Waals surface area contributed by atoms with Gasteiger partial charge in [0.1, 0.15) is 0 Å². The average Bonchev–Trinajstić information content (AvgIpc) is 3.08. The number of aromatic nitrogens is 4. The highest BCUT2D eigenvalue weighted by Gasteiger charge is 2.13. The van der Waals surface area contributed by atoms with Gasteiger partial charge >= 0.3 is 5.97 Å². The van der Waals surface area contributed by atoms with Gasteiger partial charge in [-0.15, -0.1) is 0 Å². The van der Waals surface area contributed by atoms with Gasteiger partial charge in [-0.1, -0.05) is 23.7 Å². The van der Waals surface area contributed by atoms with Crippen LogP contribution in [-0.4, -0.2) is 30.2 Å². The van der Waals surface area contributed by atoms with Crippen LogP contribution in [0.1, 0.15) is 12.8 Å². The minimum Gasteiger partial charge on any atom is -0.481 e. The number of pyridine rings is 1. The number of halogens is 1. The maximum absolute atomic E-state index is 12.7. The molecule has 0 fully saturated rings. The number of carboxylic acids is 1. The molecule has 0 atom stereocenters. The molecule has 3 heterocycles. The number of nitrogens with zero attached hydrogens (tertiary/aromatic N) is 4. The van der Waals surface area contributed by atoms with Gasteiger partial charge in [0.15, 0.2) is 5.65 Å². The topological polar surface area (TPSA) is 89.5 Å². The van der Waals surface area contributed by atoms with Crippen molar-refractivity contribution in [1.82, 2.24) is 19.2 Å². The fourth-order valence-electron chi connectivity index (χ4n) is 3.07. The van der Waals surface area contributed by atoms with E-state index in [1.54, 1.807) is 41.3 Å². The maximum atomic E-state index is 12.7. The first-order valence-corrected chi connectivity index (χ1v) is 8.76. The molecule has 0 aliphatic rings. The summed E-state index contributed by atoms with van der Waals surface area (Å²) >= 11 is 5.95.